The predicted molar refractivity (Wildman–Crippen MR) is 120 cm³/mol. The lowest BCUT2D eigenvalue weighted by Gasteiger charge is -2.33. The van der Waals surface area contributed by atoms with Crippen LogP contribution in [-0.2, 0) is 5.41 Å². The number of benzene rings is 3. The number of hydrogen-bond acceptors (Lipinski definition) is 4. The van der Waals surface area contributed by atoms with Crippen molar-refractivity contribution in [3.63, 3.8) is 0 Å². The molecule has 6 rings (SSSR count). The van der Waals surface area contributed by atoms with E-state index >= 15 is 0 Å². The van der Waals surface area contributed by atoms with Crippen LogP contribution >= 0.6 is 11.8 Å². The van der Waals surface area contributed by atoms with Gasteiger partial charge in [-0.3, -0.25) is 0 Å². The van der Waals surface area contributed by atoms with E-state index in [2.05, 4.69) is 30.3 Å². The SMILES string of the molecule is N#CC1(c2ccccc2)c2nc3ccccc3cc2Sc2cc3ccccc3nc21. The summed E-state index contributed by atoms with van der Waals surface area (Å²) in [6.45, 7) is 0. The number of nitrogens with zero attached hydrogens (tertiary/aromatic N) is 3. The molecule has 140 valence electrons. The van der Waals surface area contributed by atoms with Gasteiger partial charge in [-0.05, 0) is 29.8 Å². The number of rotatable bonds is 1. The maximum Gasteiger partial charge on any atom is 0.168 e. The number of fused-ring (bicyclic) bond motifs is 4. The molecule has 0 bridgehead atoms. The van der Waals surface area contributed by atoms with Gasteiger partial charge < -0.3 is 0 Å². The Morgan fingerprint density at radius 2 is 1.17 bits per heavy atom. The van der Waals surface area contributed by atoms with Crippen molar-refractivity contribution < 1.29 is 0 Å². The van der Waals surface area contributed by atoms with E-state index in [1.54, 1.807) is 11.8 Å². The zero-order chi connectivity index (χ0) is 20.1. The van der Waals surface area contributed by atoms with Crippen LogP contribution in [0.15, 0.2) is 101 Å². The fourth-order valence-electron chi connectivity index (χ4n) is 4.25. The van der Waals surface area contributed by atoms with E-state index in [4.69, 9.17) is 9.97 Å². The zero-order valence-corrected chi connectivity index (χ0v) is 16.7. The molecule has 1 aliphatic heterocycles. The van der Waals surface area contributed by atoms with Crippen LogP contribution < -0.4 is 0 Å². The minimum atomic E-state index is -1.06. The molecule has 30 heavy (non-hydrogen) atoms. The third-order valence-electron chi connectivity index (χ3n) is 5.68. The molecule has 0 radical (unpaired) electrons. The van der Waals surface area contributed by atoms with Gasteiger partial charge in [0.25, 0.3) is 0 Å². The van der Waals surface area contributed by atoms with Crippen molar-refractivity contribution in [3.05, 3.63) is 108 Å². The van der Waals surface area contributed by atoms with E-state index < -0.39 is 5.41 Å². The molecule has 3 nitrogen and oxygen atoms in total. The standard InChI is InChI=1S/C26H15N3S/c27-16-26(19-10-2-1-3-11-19)24-22(14-17-8-4-6-12-20(17)28-24)30-23-15-18-9-5-7-13-21(18)29-25(23)26/h1-15H. The zero-order valence-electron chi connectivity index (χ0n) is 15.9. The van der Waals surface area contributed by atoms with Crippen LogP contribution in [0, 0.1) is 11.3 Å². The maximum atomic E-state index is 10.7. The van der Waals surface area contributed by atoms with Crippen LogP contribution in [0.25, 0.3) is 21.8 Å². The smallest absolute Gasteiger partial charge is 0.168 e. The Hall–Kier alpha value is -3.68. The first-order chi connectivity index (χ1) is 14.8. The molecule has 0 N–H and O–H groups in total. The highest BCUT2D eigenvalue weighted by Crippen LogP contribution is 2.51. The Morgan fingerprint density at radius 1 is 0.667 bits per heavy atom. The Balaban J connectivity index is 1.77. The van der Waals surface area contributed by atoms with Gasteiger partial charge >= 0.3 is 0 Å². The highest BCUT2D eigenvalue weighted by atomic mass is 32.2. The highest BCUT2D eigenvalue weighted by molar-refractivity contribution is 7.99. The first-order valence-electron chi connectivity index (χ1n) is 9.75. The average Bonchev–Trinajstić information content (AvgIpc) is 2.81. The topological polar surface area (TPSA) is 49.6 Å². The Kier molecular flexibility index (Phi) is 3.68. The minimum absolute atomic E-state index is 0.759. The van der Waals surface area contributed by atoms with Crippen molar-refractivity contribution in [1.29, 1.82) is 5.26 Å². The summed E-state index contributed by atoms with van der Waals surface area (Å²) in [5, 5.41) is 12.8. The van der Waals surface area contributed by atoms with Gasteiger partial charge in [0.15, 0.2) is 5.41 Å². The first-order valence-corrected chi connectivity index (χ1v) is 10.6. The van der Waals surface area contributed by atoms with Crippen molar-refractivity contribution in [2.45, 2.75) is 15.2 Å². The van der Waals surface area contributed by atoms with Gasteiger partial charge in [-0.25, -0.2) is 9.97 Å². The van der Waals surface area contributed by atoms with Gasteiger partial charge in [0, 0.05) is 20.6 Å². The number of para-hydroxylation sites is 2. The summed E-state index contributed by atoms with van der Waals surface area (Å²) in [5.74, 6) is 0. The summed E-state index contributed by atoms with van der Waals surface area (Å²) in [5.41, 5.74) is 3.12. The Bertz CT molecular complexity index is 1400. The minimum Gasteiger partial charge on any atom is -0.249 e. The fourth-order valence-corrected chi connectivity index (χ4v) is 5.45. The summed E-state index contributed by atoms with van der Waals surface area (Å²) in [6, 6.07) is 33.0. The van der Waals surface area contributed by atoms with E-state index in [-0.39, 0.29) is 0 Å². The maximum absolute atomic E-state index is 10.7. The summed E-state index contributed by atoms with van der Waals surface area (Å²) >= 11 is 1.65. The molecule has 0 aliphatic carbocycles. The number of pyridine rings is 2. The first kappa shape index (κ1) is 17.2. The van der Waals surface area contributed by atoms with Crippen molar-refractivity contribution in [1.82, 2.24) is 9.97 Å². The van der Waals surface area contributed by atoms with E-state index in [0.717, 1.165) is 48.5 Å². The molecule has 0 atom stereocenters. The number of nitriles is 1. The van der Waals surface area contributed by atoms with Gasteiger partial charge in [-0.15, -0.1) is 0 Å². The van der Waals surface area contributed by atoms with Crippen molar-refractivity contribution in [3.8, 4) is 6.07 Å². The molecular formula is C26H15N3S. The molecule has 0 unspecified atom stereocenters. The molecule has 4 heteroatoms. The van der Waals surface area contributed by atoms with Crippen LogP contribution in [-0.4, -0.2) is 9.97 Å². The number of aromatic nitrogens is 2. The second kappa shape index (κ2) is 6.41. The average molecular weight is 401 g/mol. The monoisotopic (exact) mass is 401 g/mol. The molecule has 0 amide bonds. The molecular weight excluding hydrogens is 386 g/mol. The third-order valence-corrected chi connectivity index (χ3v) is 6.75. The van der Waals surface area contributed by atoms with Gasteiger partial charge in [0.05, 0.1) is 28.5 Å². The Labute approximate surface area is 178 Å². The van der Waals surface area contributed by atoms with Gasteiger partial charge in [-0.2, -0.15) is 5.26 Å². The second-order valence-corrected chi connectivity index (χ2v) is 8.47. The molecule has 3 heterocycles. The second-order valence-electron chi connectivity index (χ2n) is 7.39. The lowest BCUT2D eigenvalue weighted by Crippen LogP contribution is -2.33. The van der Waals surface area contributed by atoms with Crippen molar-refractivity contribution >= 4 is 33.6 Å². The lowest BCUT2D eigenvalue weighted by atomic mass is 9.74. The van der Waals surface area contributed by atoms with Gasteiger partial charge in [0.2, 0.25) is 0 Å². The number of hydrogen-bond donors (Lipinski definition) is 0. The van der Waals surface area contributed by atoms with Gasteiger partial charge in [-0.1, -0.05) is 78.5 Å². The predicted octanol–water partition coefficient (Wildman–Crippen LogP) is 6.11. The summed E-state index contributed by atoms with van der Waals surface area (Å²) in [4.78, 5) is 12.0. The molecule has 5 aromatic rings. The normalized spacial score (nSPS) is 14.1. The molecule has 1 aliphatic rings. The van der Waals surface area contributed by atoms with E-state index in [0.29, 0.717) is 0 Å². The van der Waals surface area contributed by atoms with Crippen LogP contribution in [0.5, 0.6) is 0 Å². The van der Waals surface area contributed by atoms with Crippen LogP contribution in [0.1, 0.15) is 17.0 Å². The fraction of sp³-hybridized carbons (Fsp3) is 0.0385. The quantitative estimate of drug-likeness (QED) is 0.340. The third kappa shape index (κ3) is 2.33. The molecule has 0 saturated heterocycles. The molecule has 0 spiro atoms. The molecule has 0 saturated carbocycles. The Morgan fingerprint density at radius 3 is 1.70 bits per heavy atom. The molecule has 2 aromatic heterocycles. The lowest BCUT2D eigenvalue weighted by molar-refractivity contribution is 0.691. The van der Waals surface area contributed by atoms with Gasteiger partial charge in [0.1, 0.15) is 0 Å². The van der Waals surface area contributed by atoms with Crippen LogP contribution in [0.4, 0.5) is 0 Å². The van der Waals surface area contributed by atoms with E-state index in [9.17, 15) is 5.26 Å². The van der Waals surface area contributed by atoms with Crippen molar-refractivity contribution in [2.75, 3.05) is 0 Å². The summed E-state index contributed by atoms with van der Waals surface area (Å²) in [7, 11) is 0. The van der Waals surface area contributed by atoms with Crippen molar-refractivity contribution in [2.24, 2.45) is 0 Å². The van der Waals surface area contributed by atoms with Crippen LogP contribution in [0.3, 0.4) is 0 Å². The van der Waals surface area contributed by atoms with E-state index in [1.165, 1.54) is 0 Å². The van der Waals surface area contributed by atoms with E-state index in [1.807, 2.05) is 66.7 Å². The largest absolute Gasteiger partial charge is 0.249 e. The molecule has 0 fully saturated rings. The highest BCUT2D eigenvalue weighted by Gasteiger charge is 2.46. The van der Waals surface area contributed by atoms with Crippen LogP contribution in [0.2, 0.25) is 0 Å². The summed E-state index contributed by atoms with van der Waals surface area (Å²) in [6.07, 6.45) is 0. The molecule has 3 aromatic carbocycles. The summed E-state index contributed by atoms with van der Waals surface area (Å²) < 4.78 is 0.